The molecule has 0 bridgehead atoms. The monoisotopic (exact) mass is 240 g/mol. The number of hydrogen-bond acceptors (Lipinski definition) is 2. The molecule has 2 rings (SSSR count). The Morgan fingerprint density at radius 2 is 1.78 bits per heavy atom. The van der Waals surface area contributed by atoms with Crippen LogP contribution in [0.25, 0.3) is 11.1 Å². The van der Waals surface area contributed by atoms with Crippen molar-refractivity contribution in [3.8, 4) is 16.9 Å². The average Bonchev–Trinajstić information content (AvgIpc) is 2.46. The Kier molecular flexibility index (Phi) is 3.78. The number of ketones is 1. The zero-order valence-electron chi connectivity index (χ0n) is 10.6. The molecule has 0 aliphatic heterocycles. The predicted octanol–water partition coefficient (Wildman–Crippen LogP) is 3.95. The van der Waals surface area contributed by atoms with Gasteiger partial charge in [-0.25, -0.2) is 0 Å². The van der Waals surface area contributed by atoms with E-state index in [9.17, 15) is 4.79 Å². The van der Waals surface area contributed by atoms with Gasteiger partial charge in [0.2, 0.25) is 0 Å². The summed E-state index contributed by atoms with van der Waals surface area (Å²) in [6.45, 7) is 1.86. The number of ether oxygens (including phenoxy) is 1. The van der Waals surface area contributed by atoms with E-state index < -0.39 is 0 Å². The molecule has 0 unspecified atom stereocenters. The van der Waals surface area contributed by atoms with Crippen LogP contribution in [0, 0.1) is 0 Å². The molecule has 2 heteroatoms. The van der Waals surface area contributed by atoms with E-state index in [1.807, 2.05) is 55.5 Å². The molecule has 0 amide bonds. The van der Waals surface area contributed by atoms with Crippen LogP contribution in [0.2, 0.25) is 0 Å². The lowest BCUT2D eigenvalue weighted by atomic mass is 9.99. The van der Waals surface area contributed by atoms with Crippen LogP contribution in [-0.4, -0.2) is 12.9 Å². The van der Waals surface area contributed by atoms with Crippen LogP contribution in [0.5, 0.6) is 5.75 Å². The maximum absolute atomic E-state index is 11.9. The van der Waals surface area contributed by atoms with E-state index in [1.165, 1.54) is 0 Å². The molecule has 0 N–H and O–H groups in total. The zero-order valence-corrected chi connectivity index (χ0v) is 10.6. The van der Waals surface area contributed by atoms with E-state index in [4.69, 9.17) is 4.74 Å². The lowest BCUT2D eigenvalue weighted by Gasteiger charge is -2.09. The lowest BCUT2D eigenvalue weighted by Crippen LogP contribution is -2.00. The first kappa shape index (κ1) is 12.4. The van der Waals surface area contributed by atoms with E-state index in [2.05, 4.69) is 0 Å². The quantitative estimate of drug-likeness (QED) is 0.756. The molecule has 0 saturated carbocycles. The highest BCUT2D eigenvalue weighted by atomic mass is 16.5. The van der Waals surface area contributed by atoms with E-state index in [1.54, 1.807) is 7.11 Å². The van der Waals surface area contributed by atoms with Gasteiger partial charge in [0.25, 0.3) is 0 Å². The van der Waals surface area contributed by atoms with E-state index in [-0.39, 0.29) is 5.78 Å². The Hall–Kier alpha value is -2.09. The highest BCUT2D eigenvalue weighted by molar-refractivity contribution is 5.99. The number of carbonyl (C=O) groups is 1. The molecular weight excluding hydrogens is 224 g/mol. The van der Waals surface area contributed by atoms with Crippen LogP contribution in [0.1, 0.15) is 23.7 Å². The standard InChI is InChI=1S/C16H16O2/c1-3-15(17)14-11-13(9-10-16(14)18-2)12-7-5-4-6-8-12/h4-11H,3H2,1-2H3. The van der Waals surface area contributed by atoms with Gasteiger partial charge in [0.1, 0.15) is 5.75 Å². The van der Waals surface area contributed by atoms with Crippen molar-refractivity contribution in [2.45, 2.75) is 13.3 Å². The maximum atomic E-state index is 11.9. The molecule has 0 fully saturated rings. The highest BCUT2D eigenvalue weighted by Gasteiger charge is 2.11. The van der Waals surface area contributed by atoms with Crippen LogP contribution in [0.4, 0.5) is 0 Å². The summed E-state index contributed by atoms with van der Waals surface area (Å²) in [6, 6.07) is 15.7. The molecule has 0 atom stereocenters. The molecule has 0 spiro atoms. The smallest absolute Gasteiger partial charge is 0.166 e. The second kappa shape index (κ2) is 5.50. The first-order valence-corrected chi connectivity index (χ1v) is 6.03. The molecule has 2 aromatic rings. The van der Waals surface area contributed by atoms with Crippen molar-refractivity contribution in [1.82, 2.24) is 0 Å². The fourth-order valence-electron chi connectivity index (χ4n) is 1.93. The molecule has 0 saturated heterocycles. The molecular formula is C16H16O2. The number of rotatable bonds is 4. The summed E-state index contributed by atoms with van der Waals surface area (Å²) in [5, 5.41) is 0. The number of hydrogen-bond donors (Lipinski definition) is 0. The molecule has 0 heterocycles. The van der Waals surface area contributed by atoms with Gasteiger partial charge in [0.15, 0.2) is 5.78 Å². The molecule has 0 aliphatic rings. The highest BCUT2D eigenvalue weighted by Crippen LogP contribution is 2.27. The van der Waals surface area contributed by atoms with Gasteiger partial charge in [-0.3, -0.25) is 4.79 Å². The second-order valence-corrected chi connectivity index (χ2v) is 4.06. The number of carbonyl (C=O) groups excluding carboxylic acids is 1. The molecule has 2 aromatic carbocycles. The van der Waals surface area contributed by atoms with Gasteiger partial charge in [0, 0.05) is 6.42 Å². The van der Waals surface area contributed by atoms with E-state index in [0.717, 1.165) is 11.1 Å². The summed E-state index contributed by atoms with van der Waals surface area (Å²) in [6.07, 6.45) is 0.481. The summed E-state index contributed by atoms with van der Waals surface area (Å²) in [5.41, 5.74) is 2.79. The summed E-state index contributed by atoms with van der Waals surface area (Å²) in [4.78, 5) is 11.9. The third kappa shape index (κ3) is 2.43. The van der Waals surface area contributed by atoms with Crippen LogP contribution in [0.3, 0.4) is 0 Å². The van der Waals surface area contributed by atoms with Gasteiger partial charge < -0.3 is 4.74 Å². The topological polar surface area (TPSA) is 26.3 Å². The minimum absolute atomic E-state index is 0.102. The third-order valence-corrected chi connectivity index (χ3v) is 2.93. The van der Waals surface area contributed by atoms with Gasteiger partial charge in [-0.05, 0) is 23.3 Å². The maximum Gasteiger partial charge on any atom is 0.166 e. The van der Waals surface area contributed by atoms with Crippen molar-refractivity contribution < 1.29 is 9.53 Å². The molecule has 0 aliphatic carbocycles. The van der Waals surface area contributed by atoms with Crippen LogP contribution in [0.15, 0.2) is 48.5 Å². The fourth-order valence-corrected chi connectivity index (χ4v) is 1.93. The van der Waals surface area contributed by atoms with Gasteiger partial charge in [-0.15, -0.1) is 0 Å². The molecule has 0 radical (unpaired) electrons. The van der Waals surface area contributed by atoms with Crippen molar-refractivity contribution in [3.05, 3.63) is 54.1 Å². The van der Waals surface area contributed by atoms with Gasteiger partial charge in [-0.2, -0.15) is 0 Å². The largest absolute Gasteiger partial charge is 0.496 e. The number of methoxy groups -OCH3 is 1. The predicted molar refractivity (Wildman–Crippen MR) is 73.1 cm³/mol. The summed E-state index contributed by atoms with van der Waals surface area (Å²) >= 11 is 0. The van der Waals surface area contributed by atoms with Crippen LogP contribution >= 0.6 is 0 Å². The number of benzene rings is 2. The minimum Gasteiger partial charge on any atom is -0.496 e. The van der Waals surface area contributed by atoms with Crippen molar-refractivity contribution in [2.24, 2.45) is 0 Å². The van der Waals surface area contributed by atoms with E-state index in [0.29, 0.717) is 17.7 Å². The Morgan fingerprint density at radius 3 is 2.39 bits per heavy atom. The van der Waals surface area contributed by atoms with Crippen LogP contribution < -0.4 is 4.74 Å². The van der Waals surface area contributed by atoms with E-state index >= 15 is 0 Å². The summed E-state index contributed by atoms with van der Waals surface area (Å²) in [7, 11) is 1.59. The third-order valence-electron chi connectivity index (χ3n) is 2.93. The van der Waals surface area contributed by atoms with Crippen molar-refractivity contribution in [3.63, 3.8) is 0 Å². The van der Waals surface area contributed by atoms with Crippen molar-refractivity contribution >= 4 is 5.78 Å². The summed E-state index contributed by atoms with van der Waals surface area (Å²) < 4.78 is 5.24. The lowest BCUT2D eigenvalue weighted by molar-refractivity contribution is 0.0985. The average molecular weight is 240 g/mol. The van der Waals surface area contributed by atoms with Crippen molar-refractivity contribution in [2.75, 3.05) is 7.11 Å². The Morgan fingerprint density at radius 1 is 1.06 bits per heavy atom. The molecule has 0 aromatic heterocycles. The molecule has 2 nitrogen and oxygen atoms in total. The van der Waals surface area contributed by atoms with Crippen LogP contribution in [-0.2, 0) is 0 Å². The Labute approximate surface area is 107 Å². The normalized spacial score (nSPS) is 10.1. The molecule has 18 heavy (non-hydrogen) atoms. The van der Waals surface area contributed by atoms with Crippen molar-refractivity contribution in [1.29, 1.82) is 0 Å². The Balaban J connectivity index is 2.49. The van der Waals surface area contributed by atoms with Gasteiger partial charge >= 0.3 is 0 Å². The second-order valence-electron chi connectivity index (χ2n) is 4.06. The summed E-state index contributed by atoms with van der Waals surface area (Å²) in [5.74, 6) is 0.742. The Bertz CT molecular complexity index is 544. The van der Waals surface area contributed by atoms with Gasteiger partial charge in [-0.1, -0.05) is 43.3 Å². The SMILES string of the molecule is CCC(=O)c1cc(-c2ccccc2)ccc1OC. The van der Waals surface area contributed by atoms with Gasteiger partial charge in [0.05, 0.1) is 12.7 Å². The molecule has 92 valence electrons. The first-order valence-electron chi connectivity index (χ1n) is 6.03. The first-order chi connectivity index (χ1) is 8.76. The number of Topliss-reactive ketones (excluding diaryl/α,β-unsaturated/α-hetero) is 1. The minimum atomic E-state index is 0.102. The zero-order chi connectivity index (χ0) is 13.0. The fraction of sp³-hybridized carbons (Fsp3) is 0.188.